The van der Waals surface area contributed by atoms with Crippen molar-refractivity contribution in [3.63, 3.8) is 0 Å². The average Bonchev–Trinajstić information content (AvgIpc) is 2.44. The second-order valence-electron chi connectivity index (χ2n) is 5.35. The van der Waals surface area contributed by atoms with Crippen LogP contribution in [0.15, 0.2) is 24.3 Å². The van der Waals surface area contributed by atoms with Gasteiger partial charge in [0.15, 0.2) is 0 Å². The zero-order valence-electron chi connectivity index (χ0n) is 13.1. The highest BCUT2D eigenvalue weighted by atomic mass is 16.5. The van der Waals surface area contributed by atoms with Crippen molar-refractivity contribution in [2.75, 3.05) is 18.5 Å². The molecule has 0 saturated heterocycles. The summed E-state index contributed by atoms with van der Waals surface area (Å²) in [5, 5.41) is 15.7. The third kappa shape index (κ3) is 7.68. The third-order valence-corrected chi connectivity index (χ3v) is 2.82. The summed E-state index contributed by atoms with van der Waals surface area (Å²) in [7, 11) is 0. The van der Waals surface area contributed by atoms with Crippen LogP contribution in [-0.2, 0) is 4.79 Å². The fourth-order valence-corrected chi connectivity index (χ4v) is 1.71. The number of amides is 1. The van der Waals surface area contributed by atoms with Crippen molar-refractivity contribution in [3.8, 4) is 5.75 Å². The van der Waals surface area contributed by atoms with Crippen LogP contribution < -0.4 is 15.4 Å². The maximum absolute atomic E-state index is 11.5. The lowest BCUT2D eigenvalue weighted by molar-refractivity contribution is -0.116. The minimum Gasteiger partial charge on any atom is -0.491 e. The summed E-state index contributed by atoms with van der Waals surface area (Å²) in [4.78, 5) is 11.5. The monoisotopic (exact) mass is 294 g/mol. The Morgan fingerprint density at radius 3 is 2.52 bits per heavy atom. The molecule has 1 aromatic rings. The van der Waals surface area contributed by atoms with Gasteiger partial charge in [0.2, 0.25) is 5.91 Å². The molecule has 21 heavy (non-hydrogen) atoms. The minimum atomic E-state index is -0.545. The number of nitrogens with one attached hydrogen (secondary N) is 2. The van der Waals surface area contributed by atoms with Crippen LogP contribution in [0.5, 0.6) is 5.75 Å². The van der Waals surface area contributed by atoms with Gasteiger partial charge in [-0.1, -0.05) is 20.8 Å². The number of benzene rings is 1. The number of anilines is 1. The topological polar surface area (TPSA) is 70.6 Å². The van der Waals surface area contributed by atoms with Crippen molar-refractivity contribution in [1.82, 2.24) is 5.32 Å². The van der Waals surface area contributed by atoms with Crippen LogP contribution in [0.3, 0.4) is 0 Å². The van der Waals surface area contributed by atoms with Crippen LogP contribution in [0.1, 0.15) is 33.6 Å². The molecule has 0 aromatic heterocycles. The molecule has 0 heterocycles. The lowest BCUT2D eigenvalue weighted by atomic mass is 10.2. The first-order chi connectivity index (χ1) is 10.0. The largest absolute Gasteiger partial charge is 0.491 e. The highest BCUT2D eigenvalue weighted by Gasteiger charge is 2.06. The number of aliphatic hydroxyl groups excluding tert-OH is 1. The number of aliphatic hydroxyl groups is 1. The fourth-order valence-electron chi connectivity index (χ4n) is 1.71. The number of hydrogen-bond donors (Lipinski definition) is 3. The zero-order valence-corrected chi connectivity index (χ0v) is 13.1. The van der Waals surface area contributed by atoms with Gasteiger partial charge in [-0.3, -0.25) is 4.79 Å². The van der Waals surface area contributed by atoms with Gasteiger partial charge in [0, 0.05) is 24.7 Å². The van der Waals surface area contributed by atoms with E-state index in [0.717, 1.165) is 12.1 Å². The second kappa shape index (κ2) is 9.37. The molecule has 1 unspecified atom stereocenters. The van der Waals surface area contributed by atoms with Crippen LogP contribution >= 0.6 is 0 Å². The predicted octanol–water partition coefficient (Wildman–Crippen LogP) is 2.16. The maximum atomic E-state index is 11.5. The van der Waals surface area contributed by atoms with E-state index in [1.165, 1.54) is 0 Å². The van der Waals surface area contributed by atoms with E-state index in [-0.39, 0.29) is 12.5 Å². The molecule has 0 spiro atoms. The molecule has 0 saturated carbocycles. The van der Waals surface area contributed by atoms with E-state index in [1.54, 1.807) is 24.3 Å². The first-order valence-electron chi connectivity index (χ1n) is 7.45. The first-order valence-corrected chi connectivity index (χ1v) is 7.45. The predicted molar refractivity (Wildman–Crippen MR) is 84.6 cm³/mol. The SMILES string of the molecule is CCCC(=O)Nc1ccc(OCC(O)CNC(C)C)cc1. The Labute approximate surface area is 126 Å². The number of carbonyl (C=O) groups excluding carboxylic acids is 1. The van der Waals surface area contributed by atoms with Crippen LogP contribution in [0.2, 0.25) is 0 Å². The van der Waals surface area contributed by atoms with Crippen molar-refractivity contribution in [1.29, 1.82) is 0 Å². The molecule has 118 valence electrons. The van der Waals surface area contributed by atoms with Gasteiger partial charge in [-0.15, -0.1) is 0 Å². The Morgan fingerprint density at radius 1 is 1.29 bits per heavy atom. The Kier molecular flexibility index (Phi) is 7.79. The summed E-state index contributed by atoms with van der Waals surface area (Å²) in [6, 6.07) is 7.49. The van der Waals surface area contributed by atoms with Crippen molar-refractivity contribution >= 4 is 11.6 Å². The van der Waals surface area contributed by atoms with Crippen molar-refractivity contribution in [2.24, 2.45) is 0 Å². The van der Waals surface area contributed by atoms with E-state index >= 15 is 0 Å². The van der Waals surface area contributed by atoms with Crippen molar-refractivity contribution in [2.45, 2.75) is 45.8 Å². The molecule has 1 rings (SSSR count). The Morgan fingerprint density at radius 2 is 1.95 bits per heavy atom. The summed E-state index contributed by atoms with van der Waals surface area (Å²) < 4.78 is 5.50. The Hall–Kier alpha value is -1.59. The van der Waals surface area contributed by atoms with Crippen LogP contribution in [-0.4, -0.2) is 36.3 Å². The summed E-state index contributed by atoms with van der Waals surface area (Å²) >= 11 is 0. The maximum Gasteiger partial charge on any atom is 0.224 e. The summed E-state index contributed by atoms with van der Waals surface area (Å²) in [5.41, 5.74) is 0.753. The van der Waals surface area contributed by atoms with E-state index in [0.29, 0.717) is 24.8 Å². The molecule has 0 aliphatic heterocycles. The lowest BCUT2D eigenvalue weighted by Gasteiger charge is -2.15. The summed E-state index contributed by atoms with van der Waals surface area (Å²) in [6.45, 7) is 6.76. The molecule has 1 amide bonds. The van der Waals surface area contributed by atoms with E-state index in [4.69, 9.17) is 4.74 Å². The van der Waals surface area contributed by atoms with Gasteiger partial charge in [0.05, 0.1) is 0 Å². The highest BCUT2D eigenvalue weighted by molar-refractivity contribution is 5.90. The molecular weight excluding hydrogens is 268 g/mol. The molecular formula is C16H26N2O3. The molecule has 5 heteroatoms. The average molecular weight is 294 g/mol. The standard InChI is InChI=1S/C16H26N2O3/c1-4-5-16(20)18-13-6-8-15(9-7-13)21-11-14(19)10-17-12(2)3/h6-9,12,14,17,19H,4-5,10-11H2,1-3H3,(H,18,20). The molecule has 0 fully saturated rings. The Balaban J connectivity index is 2.35. The zero-order chi connectivity index (χ0) is 15.7. The number of carbonyl (C=O) groups is 1. The highest BCUT2D eigenvalue weighted by Crippen LogP contribution is 2.16. The molecule has 0 aliphatic rings. The second-order valence-corrected chi connectivity index (χ2v) is 5.35. The van der Waals surface area contributed by atoms with E-state index in [1.807, 2.05) is 20.8 Å². The van der Waals surface area contributed by atoms with Gasteiger partial charge in [-0.05, 0) is 30.7 Å². The van der Waals surface area contributed by atoms with Gasteiger partial charge in [-0.2, -0.15) is 0 Å². The van der Waals surface area contributed by atoms with Crippen molar-refractivity contribution in [3.05, 3.63) is 24.3 Å². The third-order valence-electron chi connectivity index (χ3n) is 2.82. The van der Waals surface area contributed by atoms with Gasteiger partial charge in [0.1, 0.15) is 18.5 Å². The molecule has 1 atom stereocenters. The summed E-state index contributed by atoms with van der Waals surface area (Å²) in [6.07, 6.45) is 0.805. The van der Waals surface area contributed by atoms with Gasteiger partial charge >= 0.3 is 0 Å². The van der Waals surface area contributed by atoms with Gasteiger partial charge < -0.3 is 20.5 Å². The molecule has 1 aromatic carbocycles. The van der Waals surface area contributed by atoms with Gasteiger partial charge in [-0.25, -0.2) is 0 Å². The number of rotatable bonds is 9. The number of hydrogen-bond acceptors (Lipinski definition) is 4. The summed E-state index contributed by atoms with van der Waals surface area (Å²) in [5.74, 6) is 0.688. The van der Waals surface area contributed by atoms with Gasteiger partial charge in [0.25, 0.3) is 0 Å². The quantitative estimate of drug-likeness (QED) is 0.653. The van der Waals surface area contributed by atoms with Crippen LogP contribution in [0.4, 0.5) is 5.69 Å². The first kappa shape index (κ1) is 17.5. The van der Waals surface area contributed by atoms with E-state index < -0.39 is 6.10 Å². The minimum absolute atomic E-state index is 0.0151. The van der Waals surface area contributed by atoms with Crippen LogP contribution in [0.25, 0.3) is 0 Å². The molecule has 0 bridgehead atoms. The normalized spacial score (nSPS) is 12.2. The fraction of sp³-hybridized carbons (Fsp3) is 0.562. The smallest absolute Gasteiger partial charge is 0.224 e. The molecule has 3 N–H and O–H groups in total. The van der Waals surface area contributed by atoms with E-state index in [2.05, 4.69) is 10.6 Å². The molecule has 0 radical (unpaired) electrons. The van der Waals surface area contributed by atoms with E-state index in [9.17, 15) is 9.90 Å². The lowest BCUT2D eigenvalue weighted by Crippen LogP contribution is -2.35. The number of ether oxygens (including phenoxy) is 1. The Bertz CT molecular complexity index is 418. The van der Waals surface area contributed by atoms with Crippen LogP contribution in [0, 0.1) is 0 Å². The molecule has 0 aliphatic carbocycles. The van der Waals surface area contributed by atoms with Crippen molar-refractivity contribution < 1.29 is 14.6 Å². The molecule has 5 nitrogen and oxygen atoms in total.